The fraction of sp³-hybridized carbons (Fsp3) is 0.370. The van der Waals surface area contributed by atoms with E-state index in [0.29, 0.717) is 16.5 Å². The third kappa shape index (κ3) is 5.98. The molecule has 214 valence electrons. The first-order valence-electron chi connectivity index (χ1n) is 12.6. The standard InChI is InChI=1S/C27H29ClF2N3O6P/c1-4-39-40(37,38-3)19-8-9-20-21(16(2)34)14-32(23(20)11-19)15-25(35)33-13-18(29)10-24(33)27(36)31-12-17-6-5-7-22(28)26(17)30/h5-9,11,14,18,24H,4,10,12-13,15H2,1-3H3,(H,31,36)/t18-,24+,40?/m1/s1. The molecule has 0 spiro atoms. The summed E-state index contributed by atoms with van der Waals surface area (Å²) in [7, 11) is -2.39. The lowest BCUT2D eigenvalue weighted by Gasteiger charge is -2.24. The minimum Gasteiger partial charge on any atom is -0.350 e. The molecule has 2 amide bonds. The number of hydrogen-bond acceptors (Lipinski definition) is 6. The van der Waals surface area contributed by atoms with Crippen LogP contribution < -0.4 is 10.6 Å². The molecule has 1 aliphatic heterocycles. The molecule has 4 rings (SSSR count). The summed E-state index contributed by atoms with van der Waals surface area (Å²) in [5, 5.41) is 3.22. The number of Topliss-reactive ketones (excluding diaryl/α,β-unsaturated/α-hetero) is 1. The summed E-state index contributed by atoms with van der Waals surface area (Å²) in [6, 6.07) is 7.94. The average molecular weight is 596 g/mol. The maximum absolute atomic E-state index is 14.5. The van der Waals surface area contributed by atoms with E-state index in [2.05, 4.69) is 5.32 Å². The van der Waals surface area contributed by atoms with Crippen molar-refractivity contribution in [1.29, 1.82) is 0 Å². The number of halogens is 3. The molecule has 0 bridgehead atoms. The lowest BCUT2D eigenvalue weighted by molar-refractivity contribution is -0.139. The van der Waals surface area contributed by atoms with E-state index in [1.165, 1.54) is 55.1 Å². The molecule has 40 heavy (non-hydrogen) atoms. The fourth-order valence-electron chi connectivity index (χ4n) is 4.80. The molecule has 1 saturated heterocycles. The quantitative estimate of drug-likeness (QED) is 0.275. The van der Waals surface area contributed by atoms with Crippen LogP contribution in [-0.2, 0) is 36.3 Å². The van der Waals surface area contributed by atoms with E-state index in [1.54, 1.807) is 13.0 Å². The van der Waals surface area contributed by atoms with Gasteiger partial charge in [0.05, 0.1) is 29.0 Å². The molecule has 13 heteroatoms. The van der Waals surface area contributed by atoms with Gasteiger partial charge in [-0.05, 0) is 32.0 Å². The molecule has 1 N–H and O–H groups in total. The summed E-state index contributed by atoms with van der Waals surface area (Å²) in [4.78, 5) is 39.8. The van der Waals surface area contributed by atoms with Gasteiger partial charge >= 0.3 is 7.60 Å². The van der Waals surface area contributed by atoms with E-state index in [1.807, 2.05) is 0 Å². The van der Waals surface area contributed by atoms with Crippen molar-refractivity contribution in [2.45, 2.75) is 45.6 Å². The van der Waals surface area contributed by atoms with Crippen molar-refractivity contribution >= 4 is 53.0 Å². The van der Waals surface area contributed by atoms with Crippen LogP contribution in [0.15, 0.2) is 42.6 Å². The van der Waals surface area contributed by atoms with Crippen molar-refractivity contribution in [1.82, 2.24) is 14.8 Å². The number of fused-ring (bicyclic) bond motifs is 1. The van der Waals surface area contributed by atoms with Crippen LogP contribution in [0.4, 0.5) is 8.78 Å². The fourth-order valence-corrected chi connectivity index (χ4v) is 6.33. The molecular weight excluding hydrogens is 567 g/mol. The summed E-state index contributed by atoms with van der Waals surface area (Å²) in [5.41, 5.74) is 0.905. The van der Waals surface area contributed by atoms with E-state index >= 15 is 0 Å². The van der Waals surface area contributed by atoms with Gasteiger partial charge in [0.15, 0.2) is 5.78 Å². The molecule has 3 aromatic rings. The van der Waals surface area contributed by atoms with Crippen LogP contribution in [0.25, 0.3) is 10.9 Å². The molecule has 0 radical (unpaired) electrons. The number of carbonyl (C=O) groups excluding carboxylic acids is 3. The number of carbonyl (C=O) groups is 3. The maximum atomic E-state index is 14.5. The molecule has 0 saturated carbocycles. The van der Waals surface area contributed by atoms with Crippen LogP contribution in [-0.4, -0.2) is 59.5 Å². The second kappa shape index (κ2) is 12.2. The van der Waals surface area contributed by atoms with E-state index < -0.39 is 37.4 Å². The molecular formula is C27H29ClF2N3O6P. The highest BCUT2D eigenvalue weighted by atomic mass is 35.5. The van der Waals surface area contributed by atoms with Gasteiger partial charge in [0.25, 0.3) is 0 Å². The van der Waals surface area contributed by atoms with Crippen LogP contribution in [0.5, 0.6) is 0 Å². The van der Waals surface area contributed by atoms with E-state index in [0.717, 1.165) is 4.90 Å². The normalized spacial score (nSPS) is 18.6. The van der Waals surface area contributed by atoms with Crippen molar-refractivity contribution in [3.63, 3.8) is 0 Å². The van der Waals surface area contributed by atoms with Gasteiger partial charge in [0.1, 0.15) is 24.6 Å². The Balaban J connectivity index is 1.59. The number of likely N-dealkylation sites (tertiary alicyclic amines) is 1. The molecule has 1 unspecified atom stereocenters. The third-order valence-electron chi connectivity index (χ3n) is 6.76. The number of aromatic nitrogens is 1. The number of amides is 2. The summed E-state index contributed by atoms with van der Waals surface area (Å²) in [6.45, 7) is 2.38. The van der Waals surface area contributed by atoms with Gasteiger partial charge in [-0.2, -0.15) is 0 Å². The Kier molecular flexibility index (Phi) is 9.09. The largest absolute Gasteiger partial charge is 0.361 e. The number of ketones is 1. The van der Waals surface area contributed by atoms with E-state index in [9.17, 15) is 27.7 Å². The summed E-state index contributed by atoms with van der Waals surface area (Å²) >= 11 is 5.80. The van der Waals surface area contributed by atoms with Crippen molar-refractivity contribution in [2.75, 3.05) is 20.3 Å². The smallest absolute Gasteiger partial charge is 0.350 e. The number of nitrogens with zero attached hydrogens (tertiary/aromatic N) is 2. The van der Waals surface area contributed by atoms with Gasteiger partial charge in [-0.1, -0.05) is 29.8 Å². The summed E-state index contributed by atoms with van der Waals surface area (Å²) < 4.78 is 53.8. The predicted molar refractivity (Wildman–Crippen MR) is 146 cm³/mol. The number of hydrogen-bond donors (Lipinski definition) is 1. The molecule has 2 aromatic carbocycles. The SMILES string of the molecule is CCOP(=O)(OC)c1ccc2c(C(C)=O)cn(CC(=O)N3C[C@H](F)C[C@H]3C(=O)NCc3cccc(Cl)c3F)c2c1. The highest BCUT2D eigenvalue weighted by Gasteiger charge is 2.40. The number of rotatable bonds is 10. The second-order valence-corrected chi connectivity index (χ2v) is 11.9. The van der Waals surface area contributed by atoms with Gasteiger partial charge in [0.2, 0.25) is 11.8 Å². The Labute approximate surface area is 234 Å². The highest BCUT2D eigenvalue weighted by Crippen LogP contribution is 2.46. The van der Waals surface area contributed by atoms with Crippen molar-refractivity contribution in [3.8, 4) is 0 Å². The second-order valence-electron chi connectivity index (χ2n) is 9.35. The summed E-state index contributed by atoms with van der Waals surface area (Å²) in [6.07, 6.45) is -0.147. The zero-order valence-electron chi connectivity index (χ0n) is 22.2. The topological polar surface area (TPSA) is 107 Å². The maximum Gasteiger partial charge on any atom is 0.361 e. The minimum absolute atomic E-state index is 0.0941. The Bertz CT molecular complexity index is 1510. The average Bonchev–Trinajstić information content (AvgIpc) is 3.50. The predicted octanol–water partition coefficient (Wildman–Crippen LogP) is 4.39. The first-order valence-corrected chi connectivity index (χ1v) is 14.5. The first-order chi connectivity index (χ1) is 19.0. The molecule has 1 fully saturated rings. The van der Waals surface area contributed by atoms with Gasteiger partial charge < -0.3 is 23.8 Å². The van der Waals surface area contributed by atoms with E-state index in [-0.39, 0.29) is 54.3 Å². The lowest BCUT2D eigenvalue weighted by Crippen LogP contribution is -2.46. The Morgan fingerprint density at radius 3 is 2.65 bits per heavy atom. The number of alkyl halides is 1. The molecule has 2 heterocycles. The Morgan fingerprint density at radius 2 is 1.98 bits per heavy atom. The van der Waals surface area contributed by atoms with Crippen LogP contribution in [0.1, 0.15) is 36.2 Å². The number of nitrogens with one attached hydrogen (secondary N) is 1. The molecule has 0 aliphatic carbocycles. The Hall–Kier alpha value is -3.11. The monoisotopic (exact) mass is 595 g/mol. The third-order valence-corrected chi connectivity index (χ3v) is 9.05. The van der Waals surface area contributed by atoms with Crippen molar-refractivity contribution in [2.24, 2.45) is 0 Å². The van der Waals surface area contributed by atoms with Gasteiger partial charge in [-0.25, -0.2) is 8.78 Å². The van der Waals surface area contributed by atoms with Crippen LogP contribution in [0.3, 0.4) is 0 Å². The van der Waals surface area contributed by atoms with Crippen LogP contribution >= 0.6 is 19.2 Å². The van der Waals surface area contributed by atoms with Crippen molar-refractivity contribution in [3.05, 3.63) is 64.6 Å². The summed E-state index contributed by atoms with van der Waals surface area (Å²) in [5.74, 6) is -2.12. The first kappa shape index (κ1) is 29.9. The zero-order chi connectivity index (χ0) is 29.2. The molecule has 3 atom stereocenters. The molecule has 1 aromatic heterocycles. The van der Waals surface area contributed by atoms with Crippen LogP contribution in [0, 0.1) is 5.82 Å². The molecule has 1 aliphatic rings. The minimum atomic E-state index is -3.65. The Morgan fingerprint density at radius 1 is 1.23 bits per heavy atom. The van der Waals surface area contributed by atoms with Crippen molar-refractivity contribution < 1.29 is 36.8 Å². The highest BCUT2D eigenvalue weighted by molar-refractivity contribution is 7.62. The van der Waals surface area contributed by atoms with Gasteiger partial charge in [-0.3, -0.25) is 18.9 Å². The van der Waals surface area contributed by atoms with E-state index in [4.69, 9.17) is 20.6 Å². The lowest BCUT2D eigenvalue weighted by atomic mass is 10.1. The van der Waals surface area contributed by atoms with Crippen LogP contribution in [0.2, 0.25) is 5.02 Å². The number of benzene rings is 2. The zero-order valence-corrected chi connectivity index (χ0v) is 23.8. The van der Waals surface area contributed by atoms with Gasteiger partial charge in [-0.15, -0.1) is 0 Å². The molecule has 9 nitrogen and oxygen atoms in total. The van der Waals surface area contributed by atoms with Gasteiger partial charge in [0, 0.05) is 42.8 Å².